The van der Waals surface area contributed by atoms with Gasteiger partial charge in [0, 0.05) is 17.8 Å². The Morgan fingerprint density at radius 2 is 1.90 bits per heavy atom. The Morgan fingerprint density at radius 1 is 1.29 bits per heavy atom. The van der Waals surface area contributed by atoms with Crippen LogP contribution in [0.1, 0.15) is 60.8 Å². The van der Waals surface area contributed by atoms with Crippen molar-refractivity contribution in [2.45, 2.75) is 83.2 Å². The van der Waals surface area contributed by atoms with Crippen molar-refractivity contribution in [3.8, 4) is 0 Å². The average Bonchev–Trinajstić information content (AvgIpc) is 2.78. The highest BCUT2D eigenvalue weighted by molar-refractivity contribution is 8.00. The van der Waals surface area contributed by atoms with Crippen LogP contribution in [0.5, 0.6) is 0 Å². The summed E-state index contributed by atoms with van der Waals surface area (Å²) >= 11 is 2.02. The van der Waals surface area contributed by atoms with Crippen molar-refractivity contribution in [3.63, 3.8) is 0 Å². The molecule has 1 aliphatic rings. The van der Waals surface area contributed by atoms with Gasteiger partial charge in [-0.25, -0.2) is 4.79 Å². The molecule has 0 aliphatic carbocycles. The van der Waals surface area contributed by atoms with Gasteiger partial charge >= 0.3 is 6.09 Å². The quantitative estimate of drug-likeness (QED) is 0.787. The summed E-state index contributed by atoms with van der Waals surface area (Å²) in [6.45, 7) is 13.0. The molecule has 124 valence electrons. The SMILES string of the molecule is CCC(CC)(CNC1CCSC1C)NC(=O)OC(C)(C)C. The van der Waals surface area contributed by atoms with Gasteiger partial charge in [-0.05, 0) is 45.8 Å². The van der Waals surface area contributed by atoms with Gasteiger partial charge in [-0.15, -0.1) is 0 Å². The van der Waals surface area contributed by atoms with Gasteiger partial charge in [0.15, 0.2) is 0 Å². The van der Waals surface area contributed by atoms with Crippen molar-refractivity contribution in [3.05, 3.63) is 0 Å². The molecule has 1 saturated heterocycles. The van der Waals surface area contributed by atoms with E-state index < -0.39 is 5.60 Å². The Kier molecular flexibility index (Phi) is 6.85. The van der Waals surface area contributed by atoms with Crippen LogP contribution in [0.15, 0.2) is 0 Å². The number of rotatable bonds is 6. The highest BCUT2D eigenvalue weighted by Gasteiger charge is 2.32. The average molecular weight is 317 g/mol. The number of alkyl carbamates (subject to hydrolysis) is 1. The summed E-state index contributed by atoms with van der Waals surface area (Å²) in [5.41, 5.74) is -0.684. The minimum absolute atomic E-state index is 0.227. The van der Waals surface area contributed by atoms with Crippen molar-refractivity contribution in [2.24, 2.45) is 0 Å². The number of carbonyl (C=O) groups excluding carboxylic acids is 1. The van der Waals surface area contributed by atoms with Crippen LogP contribution in [-0.4, -0.2) is 40.8 Å². The van der Waals surface area contributed by atoms with Crippen molar-refractivity contribution in [1.82, 2.24) is 10.6 Å². The van der Waals surface area contributed by atoms with E-state index in [0.717, 1.165) is 19.4 Å². The van der Waals surface area contributed by atoms with Crippen LogP contribution in [0, 0.1) is 0 Å². The highest BCUT2D eigenvalue weighted by Crippen LogP contribution is 2.27. The maximum atomic E-state index is 12.1. The van der Waals surface area contributed by atoms with Crippen LogP contribution in [0.3, 0.4) is 0 Å². The molecule has 1 amide bonds. The standard InChI is InChI=1S/C16H32N2O2S/c1-7-16(8-2,18-14(19)20-15(4,5)6)11-17-13-9-10-21-12(13)3/h12-13,17H,7-11H2,1-6H3,(H,18,19). The first-order valence-corrected chi connectivity index (χ1v) is 9.12. The number of thioether (sulfide) groups is 1. The summed E-state index contributed by atoms with van der Waals surface area (Å²) in [7, 11) is 0. The van der Waals surface area contributed by atoms with Crippen LogP contribution in [0.4, 0.5) is 4.79 Å². The number of hydrogen-bond acceptors (Lipinski definition) is 4. The zero-order valence-corrected chi connectivity index (χ0v) is 15.2. The normalized spacial score (nSPS) is 23.1. The van der Waals surface area contributed by atoms with Crippen molar-refractivity contribution in [2.75, 3.05) is 12.3 Å². The van der Waals surface area contributed by atoms with E-state index in [1.54, 1.807) is 0 Å². The Balaban J connectivity index is 2.58. The Morgan fingerprint density at radius 3 is 2.33 bits per heavy atom. The van der Waals surface area contributed by atoms with Crippen LogP contribution < -0.4 is 10.6 Å². The molecule has 0 aromatic heterocycles. The van der Waals surface area contributed by atoms with E-state index in [-0.39, 0.29) is 11.6 Å². The largest absolute Gasteiger partial charge is 0.444 e. The fourth-order valence-corrected chi connectivity index (χ4v) is 3.79. The zero-order chi connectivity index (χ0) is 16.1. The maximum absolute atomic E-state index is 12.1. The van der Waals surface area contributed by atoms with E-state index in [2.05, 4.69) is 31.4 Å². The lowest BCUT2D eigenvalue weighted by Crippen LogP contribution is -2.56. The minimum atomic E-state index is -0.457. The van der Waals surface area contributed by atoms with Gasteiger partial charge in [0.05, 0.1) is 5.54 Å². The fraction of sp³-hybridized carbons (Fsp3) is 0.938. The zero-order valence-electron chi connectivity index (χ0n) is 14.4. The number of carbonyl (C=O) groups is 1. The van der Waals surface area contributed by atoms with Crippen LogP contribution >= 0.6 is 11.8 Å². The lowest BCUT2D eigenvalue weighted by molar-refractivity contribution is 0.0444. The summed E-state index contributed by atoms with van der Waals surface area (Å²) in [4.78, 5) is 12.1. The van der Waals surface area contributed by atoms with Crippen molar-refractivity contribution >= 4 is 17.9 Å². The number of hydrogen-bond donors (Lipinski definition) is 2. The Labute approximate surface area is 134 Å². The van der Waals surface area contributed by atoms with Gasteiger partial charge in [0.1, 0.15) is 5.60 Å². The summed E-state index contributed by atoms with van der Waals surface area (Å²) in [5.74, 6) is 1.23. The van der Waals surface area contributed by atoms with E-state index in [4.69, 9.17) is 4.74 Å². The van der Waals surface area contributed by atoms with Crippen molar-refractivity contribution in [1.29, 1.82) is 0 Å². The van der Waals surface area contributed by atoms with Crippen LogP contribution in [-0.2, 0) is 4.74 Å². The number of amides is 1. The second-order valence-electron chi connectivity index (χ2n) is 6.97. The van der Waals surface area contributed by atoms with Gasteiger partial charge in [-0.2, -0.15) is 11.8 Å². The molecule has 0 spiro atoms. The second kappa shape index (κ2) is 7.73. The second-order valence-corrected chi connectivity index (χ2v) is 8.45. The molecule has 2 atom stereocenters. The smallest absolute Gasteiger partial charge is 0.408 e. The molecule has 1 aliphatic heterocycles. The number of ether oxygens (including phenoxy) is 1. The molecule has 1 fully saturated rings. The van der Waals surface area contributed by atoms with E-state index >= 15 is 0 Å². The minimum Gasteiger partial charge on any atom is -0.444 e. The molecule has 0 aromatic rings. The molecular weight excluding hydrogens is 284 g/mol. The van der Waals surface area contributed by atoms with Crippen LogP contribution in [0.2, 0.25) is 0 Å². The third-order valence-corrected chi connectivity index (χ3v) is 5.52. The molecular formula is C16H32N2O2S. The van der Waals surface area contributed by atoms with Gasteiger partial charge in [-0.1, -0.05) is 20.8 Å². The van der Waals surface area contributed by atoms with E-state index in [1.165, 1.54) is 12.2 Å². The molecule has 4 nitrogen and oxygen atoms in total. The van der Waals surface area contributed by atoms with E-state index in [1.807, 2.05) is 32.5 Å². The van der Waals surface area contributed by atoms with Gasteiger partial charge in [0.2, 0.25) is 0 Å². The predicted molar refractivity (Wildman–Crippen MR) is 91.0 cm³/mol. The molecule has 0 bridgehead atoms. The van der Waals surface area contributed by atoms with Gasteiger partial charge in [0.25, 0.3) is 0 Å². The summed E-state index contributed by atoms with van der Waals surface area (Å²) in [6.07, 6.45) is 2.68. The van der Waals surface area contributed by atoms with Crippen molar-refractivity contribution < 1.29 is 9.53 Å². The molecule has 2 N–H and O–H groups in total. The first-order chi connectivity index (χ1) is 9.71. The Hall–Kier alpha value is -0.420. The van der Waals surface area contributed by atoms with E-state index in [9.17, 15) is 4.79 Å². The highest BCUT2D eigenvalue weighted by atomic mass is 32.2. The van der Waals surface area contributed by atoms with Crippen LogP contribution in [0.25, 0.3) is 0 Å². The van der Waals surface area contributed by atoms with Gasteiger partial charge < -0.3 is 15.4 Å². The molecule has 0 saturated carbocycles. The number of nitrogens with one attached hydrogen (secondary N) is 2. The first-order valence-electron chi connectivity index (χ1n) is 8.07. The lowest BCUT2D eigenvalue weighted by Gasteiger charge is -2.35. The first kappa shape index (κ1) is 18.6. The van der Waals surface area contributed by atoms with Gasteiger partial charge in [-0.3, -0.25) is 0 Å². The third kappa shape index (κ3) is 6.07. The molecule has 1 rings (SSSR count). The lowest BCUT2D eigenvalue weighted by atomic mass is 9.92. The Bertz CT molecular complexity index is 338. The predicted octanol–water partition coefficient (Wildman–Crippen LogP) is 3.55. The van der Waals surface area contributed by atoms with E-state index in [0.29, 0.717) is 11.3 Å². The summed E-state index contributed by atoms with van der Waals surface area (Å²) in [5, 5.41) is 7.40. The molecule has 0 aromatic carbocycles. The topological polar surface area (TPSA) is 50.4 Å². The molecule has 5 heteroatoms. The summed E-state index contributed by atoms with van der Waals surface area (Å²) in [6, 6.07) is 0.549. The maximum Gasteiger partial charge on any atom is 0.408 e. The monoisotopic (exact) mass is 316 g/mol. The molecule has 21 heavy (non-hydrogen) atoms. The third-order valence-electron chi connectivity index (χ3n) is 4.20. The summed E-state index contributed by atoms with van der Waals surface area (Å²) < 4.78 is 5.41. The molecule has 0 radical (unpaired) electrons. The molecule has 2 unspecified atom stereocenters. The fourth-order valence-electron chi connectivity index (χ4n) is 2.57. The molecule has 1 heterocycles.